The van der Waals surface area contributed by atoms with Gasteiger partial charge in [-0.2, -0.15) is 5.10 Å². The normalized spacial score (nSPS) is 24.0. The van der Waals surface area contributed by atoms with E-state index in [1.54, 1.807) is 6.20 Å². The lowest BCUT2D eigenvalue weighted by atomic mass is 9.91. The van der Waals surface area contributed by atoms with Gasteiger partial charge < -0.3 is 19.3 Å². The first-order valence-corrected chi connectivity index (χ1v) is 11.1. The summed E-state index contributed by atoms with van der Waals surface area (Å²) in [5, 5.41) is 7.22. The quantitative estimate of drug-likeness (QED) is 0.813. The molecular formula is C23H28N4O4. The van der Waals surface area contributed by atoms with E-state index in [1.165, 1.54) is 5.56 Å². The van der Waals surface area contributed by atoms with Crippen LogP contribution in [0, 0.1) is 0 Å². The Hall–Kier alpha value is -2.71. The van der Waals surface area contributed by atoms with Crippen LogP contribution in [0.25, 0.3) is 0 Å². The third-order valence-corrected chi connectivity index (χ3v) is 6.56. The van der Waals surface area contributed by atoms with Crippen molar-refractivity contribution in [2.75, 3.05) is 46.0 Å². The number of hydrogen-bond acceptors (Lipinski definition) is 5. The van der Waals surface area contributed by atoms with Gasteiger partial charge >= 0.3 is 0 Å². The Morgan fingerprint density at radius 2 is 1.90 bits per heavy atom. The summed E-state index contributed by atoms with van der Waals surface area (Å²) >= 11 is 0. The van der Waals surface area contributed by atoms with Crippen LogP contribution in [0.4, 0.5) is 0 Å². The number of carbonyl (C=O) groups excluding carboxylic acids is 2. The van der Waals surface area contributed by atoms with Crippen LogP contribution < -0.4 is 0 Å². The van der Waals surface area contributed by atoms with E-state index in [2.05, 4.69) is 16.3 Å². The van der Waals surface area contributed by atoms with Crippen LogP contribution in [0.1, 0.15) is 52.0 Å². The Balaban J connectivity index is 1.32. The molecule has 5 rings (SSSR count). The number of likely N-dealkylation sites (tertiary alicyclic amines) is 1. The molecule has 2 amide bonds. The van der Waals surface area contributed by atoms with Gasteiger partial charge in [-0.25, -0.2) is 0 Å². The van der Waals surface area contributed by atoms with Crippen molar-refractivity contribution in [1.29, 1.82) is 0 Å². The Morgan fingerprint density at radius 1 is 1.06 bits per heavy atom. The maximum atomic E-state index is 13.4. The zero-order chi connectivity index (χ0) is 21.2. The molecule has 1 aromatic heterocycles. The van der Waals surface area contributed by atoms with Crippen molar-refractivity contribution in [2.45, 2.75) is 31.3 Å². The van der Waals surface area contributed by atoms with E-state index in [0.717, 1.165) is 30.5 Å². The molecule has 0 saturated carbocycles. The van der Waals surface area contributed by atoms with Crippen LogP contribution in [0.2, 0.25) is 0 Å². The Labute approximate surface area is 181 Å². The first kappa shape index (κ1) is 20.2. The molecule has 3 aliphatic heterocycles. The molecule has 4 heterocycles. The molecule has 2 fully saturated rings. The largest absolute Gasteiger partial charge is 0.378 e. The van der Waals surface area contributed by atoms with Crippen LogP contribution in [0.3, 0.4) is 0 Å². The zero-order valence-corrected chi connectivity index (χ0v) is 17.6. The maximum Gasteiger partial charge on any atom is 0.257 e. The van der Waals surface area contributed by atoms with E-state index in [0.29, 0.717) is 51.6 Å². The minimum Gasteiger partial charge on any atom is -0.378 e. The van der Waals surface area contributed by atoms with Crippen LogP contribution in [0.15, 0.2) is 30.5 Å². The lowest BCUT2D eigenvalue weighted by Gasteiger charge is -2.36. The second-order valence-corrected chi connectivity index (χ2v) is 8.42. The topological polar surface area (TPSA) is 87.8 Å². The van der Waals surface area contributed by atoms with Crippen LogP contribution in [0.5, 0.6) is 0 Å². The van der Waals surface area contributed by atoms with Crippen LogP contribution >= 0.6 is 0 Å². The number of benzene rings is 1. The number of fused-ring (bicyclic) bond motifs is 1. The number of H-pyrrole nitrogens is 1. The summed E-state index contributed by atoms with van der Waals surface area (Å²) in [6, 6.07) is 8.03. The highest BCUT2D eigenvalue weighted by Gasteiger charge is 2.35. The van der Waals surface area contributed by atoms with Crippen molar-refractivity contribution in [1.82, 2.24) is 20.0 Å². The van der Waals surface area contributed by atoms with Crippen LogP contribution in [-0.2, 0) is 20.7 Å². The number of nitrogens with one attached hydrogen (secondary N) is 1. The molecular weight excluding hydrogens is 396 g/mol. The molecule has 2 saturated heterocycles. The molecule has 2 atom stereocenters. The van der Waals surface area contributed by atoms with Crippen molar-refractivity contribution in [3.63, 3.8) is 0 Å². The van der Waals surface area contributed by atoms with E-state index < -0.39 is 6.10 Å². The van der Waals surface area contributed by atoms with Gasteiger partial charge in [0.15, 0.2) is 6.10 Å². The van der Waals surface area contributed by atoms with Gasteiger partial charge in [0.1, 0.15) is 0 Å². The second kappa shape index (κ2) is 8.80. The Kier molecular flexibility index (Phi) is 5.74. The van der Waals surface area contributed by atoms with Gasteiger partial charge in [0.25, 0.3) is 11.8 Å². The fraction of sp³-hybridized carbons (Fsp3) is 0.522. The number of amides is 2. The van der Waals surface area contributed by atoms with Crippen molar-refractivity contribution < 1.29 is 19.1 Å². The summed E-state index contributed by atoms with van der Waals surface area (Å²) in [6.07, 6.45) is 3.71. The molecule has 164 valence electrons. The van der Waals surface area contributed by atoms with E-state index in [9.17, 15) is 9.59 Å². The number of carbonyl (C=O) groups is 2. The summed E-state index contributed by atoms with van der Waals surface area (Å²) in [5.74, 6) is 0.0523. The Morgan fingerprint density at radius 3 is 2.77 bits per heavy atom. The van der Waals surface area contributed by atoms with Gasteiger partial charge in [-0.3, -0.25) is 14.7 Å². The third kappa shape index (κ3) is 3.97. The fourth-order valence-corrected chi connectivity index (χ4v) is 4.89. The molecule has 0 unspecified atom stereocenters. The summed E-state index contributed by atoms with van der Waals surface area (Å²) in [7, 11) is 0. The summed E-state index contributed by atoms with van der Waals surface area (Å²) < 4.78 is 11.3. The van der Waals surface area contributed by atoms with E-state index in [-0.39, 0.29) is 17.7 Å². The molecule has 0 aliphatic carbocycles. The average Bonchev–Trinajstić information content (AvgIpc) is 3.33. The number of nitrogens with zero attached hydrogens (tertiary/aromatic N) is 3. The lowest BCUT2D eigenvalue weighted by Crippen LogP contribution is -2.44. The molecule has 0 spiro atoms. The van der Waals surface area contributed by atoms with Gasteiger partial charge in [0, 0.05) is 32.1 Å². The molecule has 2 aromatic rings. The lowest BCUT2D eigenvalue weighted by molar-refractivity contribution is -0.146. The van der Waals surface area contributed by atoms with E-state index >= 15 is 0 Å². The first-order valence-electron chi connectivity index (χ1n) is 11.1. The minimum atomic E-state index is -0.542. The predicted octanol–water partition coefficient (Wildman–Crippen LogP) is 1.90. The smallest absolute Gasteiger partial charge is 0.257 e. The van der Waals surface area contributed by atoms with Gasteiger partial charge in [0.2, 0.25) is 0 Å². The van der Waals surface area contributed by atoms with Gasteiger partial charge in [0.05, 0.1) is 37.3 Å². The minimum absolute atomic E-state index is 0.0115. The molecule has 8 nitrogen and oxygen atoms in total. The van der Waals surface area contributed by atoms with Crippen molar-refractivity contribution in [3.8, 4) is 0 Å². The standard InChI is InChI=1S/C23H28N4O4/c28-22(26-9-12-30-13-10-26)19-14-24-25-20(19)17-5-3-8-27(15-17)23(29)21-18-6-2-1-4-16(18)7-11-31-21/h1-2,4,6,14,17,21H,3,5,7-13,15H2,(H,24,25)/t17-,21+/m1/s1. The Bertz CT molecular complexity index is 953. The molecule has 31 heavy (non-hydrogen) atoms. The molecule has 0 bridgehead atoms. The maximum absolute atomic E-state index is 13.4. The number of hydrogen-bond donors (Lipinski definition) is 1. The third-order valence-electron chi connectivity index (χ3n) is 6.56. The summed E-state index contributed by atoms with van der Waals surface area (Å²) in [4.78, 5) is 30.1. The molecule has 8 heteroatoms. The summed E-state index contributed by atoms with van der Waals surface area (Å²) in [6.45, 7) is 4.14. The highest BCUT2D eigenvalue weighted by atomic mass is 16.5. The number of morpholine rings is 1. The number of aromatic nitrogens is 2. The predicted molar refractivity (Wildman–Crippen MR) is 113 cm³/mol. The molecule has 1 N–H and O–H groups in total. The average molecular weight is 425 g/mol. The number of piperidine rings is 1. The number of ether oxygens (including phenoxy) is 2. The van der Waals surface area contributed by atoms with Crippen molar-refractivity contribution in [2.24, 2.45) is 0 Å². The number of aromatic amines is 1. The van der Waals surface area contributed by atoms with Gasteiger partial charge in [-0.1, -0.05) is 24.3 Å². The molecule has 3 aliphatic rings. The highest BCUT2D eigenvalue weighted by Crippen LogP contribution is 2.33. The zero-order valence-electron chi connectivity index (χ0n) is 17.6. The number of rotatable bonds is 3. The second-order valence-electron chi connectivity index (χ2n) is 8.42. The first-order chi connectivity index (χ1) is 15.2. The van der Waals surface area contributed by atoms with E-state index in [1.807, 2.05) is 28.0 Å². The van der Waals surface area contributed by atoms with Crippen molar-refractivity contribution in [3.05, 3.63) is 52.8 Å². The molecule has 0 radical (unpaired) electrons. The van der Waals surface area contributed by atoms with Crippen LogP contribution in [-0.4, -0.2) is 77.8 Å². The summed E-state index contributed by atoms with van der Waals surface area (Å²) in [5.41, 5.74) is 3.61. The monoisotopic (exact) mass is 424 g/mol. The SMILES string of the molecule is O=C(c1cn[nH]c1[C@@H]1CCCN(C(=O)[C@H]2OCCc3ccccc32)C1)N1CCOCC1. The van der Waals surface area contributed by atoms with E-state index in [4.69, 9.17) is 9.47 Å². The van der Waals surface area contributed by atoms with Gasteiger partial charge in [-0.05, 0) is 30.4 Å². The van der Waals surface area contributed by atoms with Gasteiger partial charge in [-0.15, -0.1) is 0 Å². The fourth-order valence-electron chi connectivity index (χ4n) is 4.89. The highest BCUT2D eigenvalue weighted by molar-refractivity contribution is 5.95. The molecule has 1 aromatic carbocycles. The van der Waals surface area contributed by atoms with Crippen molar-refractivity contribution >= 4 is 11.8 Å².